The maximum atomic E-state index is 12.7. The molecule has 0 spiro atoms. The van der Waals surface area contributed by atoms with E-state index < -0.39 is 11.7 Å². The summed E-state index contributed by atoms with van der Waals surface area (Å²) in [7, 11) is 0. The predicted molar refractivity (Wildman–Crippen MR) is 75.4 cm³/mol. The number of aryl methyl sites for hydroxylation is 2. The highest BCUT2D eigenvalue weighted by Gasteiger charge is 2.30. The fourth-order valence-electron chi connectivity index (χ4n) is 2.13. The van der Waals surface area contributed by atoms with Crippen LogP contribution >= 0.6 is 0 Å². The first-order valence-corrected chi connectivity index (χ1v) is 6.54. The maximum Gasteiger partial charge on any atom is 0.416 e. The van der Waals surface area contributed by atoms with E-state index in [1.165, 1.54) is 12.1 Å². The Hall–Kier alpha value is -2.10. The van der Waals surface area contributed by atoms with E-state index in [-0.39, 0.29) is 17.8 Å². The van der Waals surface area contributed by atoms with Crippen molar-refractivity contribution in [3.05, 3.63) is 70.3 Å². The largest absolute Gasteiger partial charge is 0.416 e. The van der Waals surface area contributed by atoms with Gasteiger partial charge in [-0.25, -0.2) is 0 Å². The molecule has 21 heavy (non-hydrogen) atoms. The smallest absolute Gasteiger partial charge is 0.294 e. The van der Waals surface area contributed by atoms with Gasteiger partial charge in [-0.2, -0.15) is 13.2 Å². The monoisotopic (exact) mass is 292 g/mol. The number of hydrogen-bond acceptors (Lipinski definition) is 1. The van der Waals surface area contributed by atoms with Gasteiger partial charge in [0.25, 0.3) is 0 Å². The topological polar surface area (TPSA) is 17.1 Å². The van der Waals surface area contributed by atoms with Crippen molar-refractivity contribution in [1.82, 2.24) is 0 Å². The maximum absolute atomic E-state index is 12.7. The Morgan fingerprint density at radius 3 is 2.43 bits per heavy atom. The summed E-state index contributed by atoms with van der Waals surface area (Å²) in [6, 6.07) is 10.3. The molecule has 0 saturated carbocycles. The molecule has 0 amide bonds. The molecule has 2 aromatic rings. The van der Waals surface area contributed by atoms with Gasteiger partial charge >= 0.3 is 6.18 Å². The second-order valence-electron chi connectivity index (χ2n) is 5.11. The second-order valence-corrected chi connectivity index (χ2v) is 5.11. The van der Waals surface area contributed by atoms with E-state index in [9.17, 15) is 18.0 Å². The molecule has 2 aromatic carbocycles. The number of hydrogen-bond donors (Lipinski definition) is 0. The molecule has 2 rings (SSSR count). The summed E-state index contributed by atoms with van der Waals surface area (Å²) in [5.41, 5.74) is 2.12. The lowest BCUT2D eigenvalue weighted by Gasteiger charge is -2.09. The summed E-state index contributed by atoms with van der Waals surface area (Å²) in [4.78, 5) is 12.2. The van der Waals surface area contributed by atoms with Crippen molar-refractivity contribution in [2.24, 2.45) is 0 Å². The van der Waals surface area contributed by atoms with Crippen LogP contribution in [0.4, 0.5) is 13.2 Å². The Morgan fingerprint density at radius 1 is 1.05 bits per heavy atom. The van der Waals surface area contributed by atoms with Crippen molar-refractivity contribution in [2.45, 2.75) is 26.4 Å². The van der Waals surface area contributed by atoms with Gasteiger partial charge in [-0.15, -0.1) is 0 Å². The first kappa shape index (κ1) is 15.3. The first-order chi connectivity index (χ1) is 9.77. The highest BCUT2D eigenvalue weighted by atomic mass is 19.4. The fraction of sp³-hybridized carbons (Fsp3) is 0.235. The quantitative estimate of drug-likeness (QED) is 0.746. The zero-order chi connectivity index (χ0) is 15.6. The molecule has 0 atom stereocenters. The lowest BCUT2D eigenvalue weighted by molar-refractivity contribution is -0.137. The lowest BCUT2D eigenvalue weighted by atomic mass is 9.97. The van der Waals surface area contributed by atoms with Crippen LogP contribution in [0, 0.1) is 13.8 Å². The van der Waals surface area contributed by atoms with Crippen molar-refractivity contribution in [2.75, 3.05) is 0 Å². The molecule has 0 aliphatic rings. The molecule has 4 heteroatoms. The van der Waals surface area contributed by atoms with Gasteiger partial charge in [0.05, 0.1) is 5.56 Å². The SMILES string of the molecule is Cc1ccc(C)c(CC(=O)c2cccc(C(F)(F)F)c2)c1. The first-order valence-electron chi connectivity index (χ1n) is 6.54. The summed E-state index contributed by atoms with van der Waals surface area (Å²) < 4.78 is 38.0. The van der Waals surface area contributed by atoms with Crippen LogP contribution in [-0.4, -0.2) is 5.78 Å². The molecule has 0 heterocycles. The Labute approximate surface area is 121 Å². The van der Waals surface area contributed by atoms with E-state index in [1.54, 1.807) is 0 Å². The predicted octanol–water partition coefficient (Wildman–Crippen LogP) is 4.75. The zero-order valence-electron chi connectivity index (χ0n) is 11.8. The van der Waals surface area contributed by atoms with Crippen LogP contribution in [0.3, 0.4) is 0 Å². The molecular weight excluding hydrogens is 277 g/mol. The minimum Gasteiger partial charge on any atom is -0.294 e. The van der Waals surface area contributed by atoms with E-state index in [0.29, 0.717) is 0 Å². The van der Waals surface area contributed by atoms with Crippen LogP contribution in [0.25, 0.3) is 0 Å². The number of carbonyl (C=O) groups is 1. The number of benzene rings is 2. The van der Waals surface area contributed by atoms with Crippen LogP contribution in [0.5, 0.6) is 0 Å². The van der Waals surface area contributed by atoms with Crippen molar-refractivity contribution in [3.8, 4) is 0 Å². The number of rotatable bonds is 3. The van der Waals surface area contributed by atoms with Gasteiger partial charge in [-0.3, -0.25) is 4.79 Å². The third kappa shape index (κ3) is 3.72. The van der Waals surface area contributed by atoms with E-state index in [4.69, 9.17) is 0 Å². The van der Waals surface area contributed by atoms with Gasteiger partial charge in [-0.05, 0) is 37.1 Å². The highest BCUT2D eigenvalue weighted by Crippen LogP contribution is 2.29. The Morgan fingerprint density at radius 2 is 1.76 bits per heavy atom. The minimum atomic E-state index is -4.43. The second kappa shape index (κ2) is 5.72. The summed E-state index contributed by atoms with van der Waals surface area (Å²) in [6.45, 7) is 3.80. The fourth-order valence-corrected chi connectivity index (χ4v) is 2.13. The number of ketones is 1. The Kier molecular flexibility index (Phi) is 4.16. The van der Waals surface area contributed by atoms with Crippen LogP contribution in [-0.2, 0) is 12.6 Å². The molecule has 0 saturated heterocycles. The third-order valence-corrected chi connectivity index (χ3v) is 3.37. The van der Waals surface area contributed by atoms with Crippen LogP contribution in [0.1, 0.15) is 32.6 Å². The Bertz CT molecular complexity index is 672. The summed E-state index contributed by atoms with van der Waals surface area (Å²) >= 11 is 0. The molecule has 0 aliphatic carbocycles. The molecule has 0 aliphatic heterocycles. The van der Waals surface area contributed by atoms with E-state index in [2.05, 4.69) is 0 Å². The van der Waals surface area contributed by atoms with Gasteiger partial charge in [0.1, 0.15) is 0 Å². The van der Waals surface area contributed by atoms with E-state index in [0.717, 1.165) is 28.8 Å². The van der Waals surface area contributed by atoms with Crippen LogP contribution in [0.2, 0.25) is 0 Å². The molecule has 110 valence electrons. The summed E-state index contributed by atoms with van der Waals surface area (Å²) in [5.74, 6) is -0.310. The number of alkyl halides is 3. The van der Waals surface area contributed by atoms with Gasteiger partial charge in [0.15, 0.2) is 5.78 Å². The van der Waals surface area contributed by atoms with Crippen LogP contribution in [0.15, 0.2) is 42.5 Å². The molecule has 0 fully saturated rings. The van der Waals surface area contributed by atoms with Gasteiger partial charge in [0.2, 0.25) is 0 Å². The standard InChI is InChI=1S/C17H15F3O/c1-11-6-7-12(2)14(8-11)10-16(21)13-4-3-5-15(9-13)17(18,19)20/h3-9H,10H2,1-2H3. The van der Waals surface area contributed by atoms with E-state index in [1.807, 2.05) is 32.0 Å². The summed E-state index contributed by atoms with van der Waals surface area (Å²) in [6.07, 6.45) is -4.33. The average Bonchev–Trinajstić information content (AvgIpc) is 2.42. The molecule has 1 nitrogen and oxygen atoms in total. The minimum absolute atomic E-state index is 0.0886. The third-order valence-electron chi connectivity index (χ3n) is 3.37. The lowest BCUT2D eigenvalue weighted by Crippen LogP contribution is -2.09. The average molecular weight is 292 g/mol. The highest BCUT2D eigenvalue weighted by molar-refractivity contribution is 5.97. The van der Waals surface area contributed by atoms with Gasteiger partial charge < -0.3 is 0 Å². The summed E-state index contributed by atoms with van der Waals surface area (Å²) in [5, 5.41) is 0. The van der Waals surface area contributed by atoms with Crippen molar-refractivity contribution < 1.29 is 18.0 Å². The normalized spacial score (nSPS) is 11.5. The zero-order valence-corrected chi connectivity index (χ0v) is 11.8. The van der Waals surface area contributed by atoms with Gasteiger partial charge in [0, 0.05) is 12.0 Å². The molecular formula is C17H15F3O. The molecule has 0 bridgehead atoms. The molecule has 0 aromatic heterocycles. The Balaban J connectivity index is 2.27. The molecule has 0 unspecified atom stereocenters. The van der Waals surface area contributed by atoms with Crippen LogP contribution < -0.4 is 0 Å². The number of carbonyl (C=O) groups excluding carboxylic acids is 1. The number of halogens is 3. The van der Waals surface area contributed by atoms with E-state index >= 15 is 0 Å². The molecule has 0 radical (unpaired) electrons. The van der Waals surface area contributed by atoms with Gasteiger partial charge in [-0.1, -0.05) is 35.9 Å². The van der Waals surface area contributed by atoms with Crippen molar-refractivity contribution >= 4 is 5.78 Å². The molecule has 0 N–H and O–H groups in total. The van der Waals surface area contributed by atoms with Crippen molar-refractivity contribution in [1.29, 1.82) is 0 Å². The van der Waals surface area contributed by atoms with Crippen molar-refractivity contribution in [3.63, 3.8) is 0 Å². The number of Topliss-reactive ketones (excluding diaryl/α,β-unsaturated/α-hetero) is 1.